The summed E-state index contributed by atoms with van der Waals surface area (Å²) >= 11 is 5.88. The second-order valence-electron chi connectivity index (χ2n) is 6.34. The van der Waals surface area contributed by atoms with E-state index in [1.165, 1.54) is 36.3 Å². The van der Waals surface area contributed by atoms with Gasteiger partial charge in [-0.15, -0.1) is 0 Å². The van der Waals surface area contributed by atoms with E-state index in [2.05, 4.69) is 4.74 Å². The first-order chi connectivity index (χ1) is 13.9. The van der Waals surface area contributed by atoms with Gasteiger partial charge in [0.15, 0.2) is 0 Å². The maximum absolute atomic E-state index is 12.7. The van der Waals surface area contributed by atoms with E-state index in [9.17, 15) is 24.6 Å². The Morgan fingerprint density at radius 2 is 1.66 bits per heavy atom. The SMILES string of the molecule is COC(=O)c1ccc(C2C(=C(O)c3ccc(Cl)cc3)C(=O)C(=O)N2CCO)cc1. The number of ketones is 1. The molecule has 29 heavy (non-hydrogen) atoms. The van der Waals surface area contributed by atoms with E-state index in [0.717, 1.165) is 0 Å². The molecule has 0 aromatic heterocycles. The number of benzene rings is 2. The van der Waals surface area contributed by atoms with Gasteiger partial charge in [-0.05, 0) is 42.0 Å². The second kappa shape index (κ2) is 8.46. The minimum atomic E-state index is -0.912. The third-order valence-electron chi connectivity index (χ3n) is 4.65. The van der Waals surface area contributed by atoms with Gasteiger partial charge in [0.05, 0.1) is 30.9 Å². The van der Waals surface area contributed by atoms with Gasteiger partial charge in [0.1, 0.15) is 5.76 Å². The summed E-state index contributed by atoms with van der Waals surface area (Å²) in [5.41, 5.74) is 1.03. The van der Waals surface area contributed by atoms with Crippen molar-refractivity contribution in [3.63, 3.8) is 0 Å². The highest BCUT2D eigenvalue weighted by atomic mass is 35.5. The molecule has 0 aliphatic carbocycles. The molecule has 2 aromatic carbocycles. The first kappa shape index (κ1) is 20.6. The number of hydrogen-bond acceptors (Lipinski definition) is 6. The molecular weight excluding hydrogens is 398 g/mol. The van der Waals surface area contributed by atoms with Gasteiger partial charge in [-0.25, -0.2) is 4.79 Å². The molecule has 8 heteroatoms. The topological polar surface area (TPSA) is 104 Å². The number of β-amino-alcohol motifs (C(OH)–C–C–N with tert-alkyl or cyclic N) is 1. The number of carbonyl (C=O) groups is 3. The highest BCUT2D eigenvalue weighted by Crippen LogP contribution is 2.39. The van der Waals surface area contributed by atoms with Crippen LogP contribution in [0.4, 0.5) is 0 Å². The molecular formula is C21H18ClNO6. The van der Waals surface area contributed by atoms with Crippen molar-refractivity contribution in [1.29, 1.82) is 0 Å². The first-order valence-corrected chi connectivity index (χ1v) is 9.10. The number of amides is 1. The third kappa shape index (κ3) is 3.87. The molecule has 2 aromatic rings. The molecule has 0 saturated carbocycles. The van der Waals surface area contributed by atoms with Crippen LogP contribution in [0.25, 0.3) is 5.76 Å². The van der Waals surface area contributed by atoms with Gasteiger partial charge >= 0.3 is 5.97 Å². The number of carbonyl (C=O) groups excluding carboxylic acids is 3. The number of aliphatic hydroxyl groups is 2. The lowest BCUT2D eigenvalue weighted by Gasteiger charge is -2.24. The van der Waals surface area contributed by atoms with Gasteiger partial charge in [-0.1, -0.05) is 23.7 Å². The third-order valence-corrected chi connectivity index (χ3v) is 4.90. The molecule has 2 N–H and O–H groups in total. The zero-order valence-electron chi connectivity index (χ0n) is 15.5. The van der Waals surface area contributed by atoms with Crippen LogP contribution in [0.3, 0.4) is 0 Å². The molecule has 1 heterocycles. The average molecular weight is 416 g/mol. The van der Waals surface area contributed by atoms with E-state index >= 15 is 0 Å². The maximum atomic E-state index is 12.7. The van der Waals surface area contributed by atoms with Gasteiger partial charge in [0.2, 0.25) is 0 Å². The normalized spacial score (nSPS) is 18.2. The number of nitrogens with zero attached hydrogens (tertiary/aromatic N) is 1. The van der Waals surface area contributed by atoms with Crippen LogP contribution in [0, 0.1) is 0 Å². The lowest BCUT2D eigenvalue weighted by atomic mass is 9.94. The maximum Gasteiger partial charge on any atom is 0.337 e. The van der Waals surface area contributed by atoms with Crippen molar-refractivity contribution in [2.45, 2.75) is 6.04 Å². The van der Waals surface area contributed by atoms with Gasteiger partial charge in [-0.2, -0.15) is 0 Å². The smallest absolute Gasteiger partial charge is 0.337 e. The number of hydrogen-bond donors (Lipinski definition) is 2. The zero-order chi connectivity index (χ0) is 21.1. The predicted molar refractivity (Wildman–Crippen MR) is 105 cm³/mol. The van der Waals surface area contributed by atoms with E-state index in [4.69, 9.17) is 11.6 Å². The molecule has 1 fully saturated rings. The van der Waals surface area contributed by atoms with Crippen molar-refractivity contribution in [3.05, 3.63) is 75.8 Å². The number of ether oxygens (including phenoxy) is 1. The van der Waals surface area contributed by atoms with Crippen molar-refractivity contribution < 1.29 is 29.3 Å². The summed E-state index contributed by atoms with van der Waals surface area (Å²) in [6.45, 7) is -0.448. The fourth-order valence-corrected chi connectivity index (χ4v) is 3.37. The van der Waals surface area contributed by atoms with E-state index in [1.54, 1.807) is 24.3 Å². The average Bonchev–Trinajstić information content (AvgIpc) is 2.98. The number of Topliss-reactive ketones (excluding diaryl/α,β-unsaturated/α-hetero) is 1. The molecule has 1 atom stereocenters. The molecule has 1 unspecified atom stereocenters. The van der Waals surface area contributed by atoms with Gasteiger partial charge < -0.3 is 19.8 Å². The Morgan fingerprint density at radius 1 is 1.07 bits per heavy atom. The Labute approximate surface area is 171 Å². The number of rotatable bonds is 5. The predicted octanol–water partition coefficient (Wildman–Crippen LogP) is 2.54. The fraction of sp³-hybridized carbons (Fsp3) is 0.190. The van der Waals surface area contributed by atoms with E-state index in [0.29, 0.717) is 21.7 Å². The minimum absolute atomic E-state index is 0.0919. The van der Waals surface area contributed by atoms with Crippen molar-refractivity contribution in [1.82, 2.24) is 4.90 Å². The van der Waals surface area contributed by atoms with Crippen molar-refractivity contribution >= 4 is 35.0 Å². The highest BCUT2D eigenvalue weighted by molar-refractivity contribution is 6.46. The van der Waals surface area contributed by atoms with Crippen molar-refractivity contribution in [2.24, 2.45) is 0 Å². The Morgan fingerprint density at radius 3 is 2.21 bits per heavy atom. The molecule has 150 valence electrons. The summed E-state index contributed by atoms with van der Waals surface area (Å²) in [5, 5.41) is 20.6. The molecule has 0 spiro atoms. The van der Waals surface area contributed by atoms with Crippen LogP contribution in [0.1, 0.15) is 27.5 Å². The van der Waals surface area contributed by atoms with E-state index < -0.39 is 23.7 Å². The van der Waals surface area contributed by atoms with Gasteiger partial charge in [0, 0.05) is 17.1 Å². The quantitative estimate of drug-likeness (QED) is 0.336. The Hall–Kier alpha value is -3.16. The number of likely N-dealkylation sites (tertiary alicyclic amines) is 1. The molecule has 1 saturated heterocycles. The zero-order valence-corrected chi connectivity index (χ0v) is 16.2. The summed E-state index contributed by atoms with van der Waals surface area (Å²) in [6, 6.07) is 11.4. The lowest BCUT2D eigenvalue weighted by molar-refractivity contribution is -0.140. The van der Waals surface area contributed by atoms with E-state index in [1.807, 2.05) is 0 Å². The Bertz CT molecular complexity index is 981. The van der Waals surface area contributed by atoms with Crippen LogP contribution in [0.2, 0.25) is 5.02 Å². The molecule has 1 aliphatic heterocycles. The number of esters is 1. The standard InChI is InChI=1S/C21H18ClNO6/c1-29-21(28)14-4-2-12(3-5-14)17-16(19(26)20(27)23(17)10-11-24)18(25)13-6-8-15(22)9-7-13/h2-9,17,24-25H,10-11H2,1H3. The molecule has 1 amide bonds. The molecule has 7 nitrogen and oxygen atoms in total. The van der Waals surface area contributed by atoms with Gasteiger partial charge in [-0.3, -0.25) is 9.59 Å². The monoisotopic (exact) mass is 415 g/mol. The van der Waals surface area contributed by atoms with Crippen LogP contribution in [-0.2, 0) is 14.3 Å². The number of aliphatic hydroxyl groups excluding tert-OH is 2. The van der Waals surface area contributed by atoms with E-state index in [-0.39, 0.29) is 24.5 Å². The summed E-state index contributed by atoms with van der Waals surface area (Å²) in [7, 11) is 1.26. The van der Waals surface area contributed by atoms with Crippen LogP contribution >= 0.6 is 11.6 Å². The summed E-state index contributed by atoms with van der Waals surface area (Å²) in [4.78, 5) is 38.1. The summed E-state index contributed by atoms with van der Waals surface area (Å²) in [6.07, 6.45) is 0. The number of halogens is 1. The summed E-state index contributed by atoms with van der Waals surface area (Å²) < 4.78 is 4.67. The van der Waals surface area contributed by atoms with Crippen LogP contribution in [-0.4, -0.2) is 53.0 Å². The first-order valence-electron chi connectivity index (χ1n) is 8.72. The summed E-state index contributed by atoms with van der Waals surface area (Å²) in [5.74, 6) is -2.55. The highest BCUT2D eigenvalue weighted by Gasteiger charge is 2.45. The van der Waals surface area contributed by atoms with Crippen LogP contribution in [0.5, 0.6) is 0 Å². The molecule has 0 radical (unpaired) electrons. The lowest BCUT2D eigenvalue weighted by Crippen LogP contribution is -2.32. The molecule has 1 aliphatic rings. The van der Waals surface area contributed by atoms with Crippen LogP contribution in [0.15, 0.2) is 54.1 Å². The number of methoxy groups -OCH3 is 1. The van der Waals surface area contributed by atoms with Gasteiger partial charge in [0.25, 0.3) is 11.7 Å². The molecule has 0 bridgehead atoms. The Kier molecular flexibility index (Phi) is 6.00. The molecule has 3 rings (SSSR count). The van der Waals surface area contributed by atoms with Crippen molar-refractivity contribution in [3.8, 4) is 0 Å². The Balaban J connectivity index is 2.13. The second-order valence-corrected chi connectivity index (χ2v) is 6.77. The minimum Gasteiger partial charge on any atom is -0.507 e. The van der Waals surface area contributed by atoms with Crippen LogP contribution < -0.4 is 0 Å². The fourth-order valence-electron chi connectivity index (χ4n) is 3.25. The largest absolute Gasteiger partial charge is 0.507 e. The van der Waals surface area contributed by atoms with Crippen molar-refractivity contribution in [2.75, 3.05) is 20.3 Å².